The van der Waals surface area contributed by atoms with E-state index >= 15 is 0 Å². The Morgan fingerprint density at radius 3 is 1.94 bits per heavy atom. The zero-order valence-electron chi connectivity index (χ0n) is 10.3. The molecule has 0 saturated heterocycles. The predicted octanol–water partition coefficient (Wildman–Crippen LogP) is 1.46. The van der Waals surface area contributed by atoms with Crippen LogP contribution in [-0.4, -0.2) is 36.2 Å². The molecule has 0 aliphatic heterocycles. The van der Waals surface area contributed by atoms with Crippen molar-refractivity contribution in [1.82, 2.24) is 5.32 Å². The van der Waals surface area contributed by atoms with Gasteiger partial charge in [-0.05, 0) is 6.92 Å². The van der Waals surface area contributed by atoms with Crippen molar-refractivity contribution in [3.05, 3.63) is 0 Å². The smallest absolute Gasteiger partial charge is 0.407 e. The molecule has 0 aliphatic rings. The molecule has 0 aromatic carbocycles. The Morgan fingerprint density at radius 2 is 1.71 bits per heavy atom. The molecule has 0 spiro atoms. The Labute approximate surface area is 110 Å². The molecule has 17 heavy (non-hydrogen) atoms. The topological polar surface area (TPSA) is 75.6 Å². The molecule has 0 unspecified atom stereocenters. The average molecular weight is 267 g/mol. The van der Waals surface area contributed by atoms with Crippen LogP contribution in [0.25, 0.3) is 0 Å². The fourth-order valence-corrected chi connectivity index (χ4v) is 1.06. The summed E-state index contributed by atoms with van der Waals surface area (Å²) in [5.41, 5.74) is -0.622. The van der Waals surface area contributed by atoms with E-state index in [9.17, 15) is 14.7 Å². The number of amides is 1. The van der Waals surface area contributed by atoms with Crippen LogP contribution in [0, 0.1) is 5.41 Å². The molecule has 5 nitrogen and oxygen atoms in total. The minimum Gasteiger partial charge on any atom is -0.453 e. The molecule has 0 saturated carbocycles. The van der Waals surface area contributed by atoms with Crippen molar-refractivity contribution in [1.29, 1.82) is 0 Å². The zero-order chi connectivity index (χ0) is 12.2. The lowest BCUT2D eigenvalue weighted by Crippen LogP contribution is -2.51. The summed E-state index contributed by atoms with van der Waals surface area (Å²) in [6.07, 6.45) is -1.67. The number of hydrogen-bond acceptors (Lipinski definition) is 4. The number of Topliss-reactive ketones (excluding diaryl/α,β-unsaturated/α-hetero) is 1. The number of aliphatic hydroxyl groups is 1. The van der Waals surface area contributed by atoms with Crippen LogP contribution in [0.15, 0.2) is 0 Å². The number of alkyl carbamates (subject to hydrolysis) is 1. The molecule has 6 heteroatoms. The van der Waals surface area contributed by atoms with Crippen molar-refractivity contribution in [2.45, 2.75) is 47.3 Å². The third-order valence-electron chi connectivity index (χ3n) is 1.96. The lowest BCUT2D eigenvalue weighted by atomic mass is 9.85. The monoisotopic (exact) mass is 267 g/mol. The quantitative estimate of drug-likeness (QED) is 0.811. The van der Waals surface area contributed by atoms with Crippen LogP contribution in [0.5, 0.6) is 0 Å². The Kier molecular flexibility index (Phi) is 10.6. The highest BCUT2D eigenvalue weighted by molar-refractivity contribution is 7.59. The van der Waals surface area contributed by atoms with Crippen LogP contribution >= 0.6 is 13.5 Å². The third-order valence-corrected chi connectivity index (χ3v) is 1.96. The maximum Gasteiger partial charge on any atom is 0.407 e. The van der Waals surface area contributed by atoms with E-state index < -0.39 is 23.7 Å². The number of hydrogen-bond donors (Lipinski definition) is 2. The van der Waals surface area contributed by atoms with Gasteiger partial charge in [-0.2, -0.15) is 13.5 Å². The number of aliphatic hydroxyl groups excluding tert-OH is 1. The Hall–Kier alpha value is -0.750. The molecule has 0 fully saturated rings. The molecule has 0 radical (unpaired) electrons. The zero-order valence-corrected chi connectivity index (χ0v) is 11.3. The van der Waals surface area contributed by atoms with Gasteiger partial charge in [-0.15, -0.1) is 0 Å². The summed E-state index contributed by atoms with van der Waals surface area (Å²) < 4.78 is 4.38. The number of nitrogens with one attached hydrogen (secondary N) is 1. The van der Waals surface area contributed by atoms with E-state index in [4.69, 9.17) is 0 Å². The summed E-state index contributed by atoms with van der Waals surface area (Å²) in [5, 5.41) is 11.7. The van der Waals surface area contributed by atoms with Gasteiger partial charge in [-0.25, -0.2) is 4.79 Å². The van der Waals surface area contributed by atoms with Crippen molar-refractivity contribution in [3.63, 3.8) is 0 Å². The lowest BCUT2D eigenvalue weighted by Gasteiger charge is -2.26. The van der Waals surface area contributed by atoms with Crippen LogP contribution in [0.1, 0.15) is 35.1 Å². The van der Waals surface area contributed by atoms with Crippen molar-refractivity contribution in [3.8, 4) is 0 Å². The van der Waals surface area contributed by atoms with Gasteiger partial charge in [0.2, 0.25) is 0 Å². The summed E-state index contributed by atoms with van der Waals surface area (Å²) in [6, 6.07) is -0.933. The Bertz CT molecular complexity index is 248. The SMILES string of the molecule is C.COC(=O)N[C@@H](C(=O)C(C)(C)C)[C@H](C)O.S. The third kappa shape index (κ3) is 7.23. The van der Waals surface area contributed by atoms with E-state index in [0.717, 1.165) is 0 Å². The number of methoxy groups -OCH3 is 1. The van der Waals surface area contributed by atoms with Gasteiger partial charge in [0.1, 0.15) is 6.04 Å². The molecule has 0 bridgehead atoms. The average Bonchev–Trinajstić information content (AvgIpc) is 2.10. The summed E-state index contributed by atoms with van der Waals surface area (Å²) in [6.45, 7) is 6.63. The molecule has 1 amide bonds. The van der Waals surface area contributed by atoms with Gasteiger partial charge in [-0.3, -0.25) is 4.79 Å². The minimum atomic E-state index is -0.948. The first-order valence-electron chi connectivity index (χ1n) is 4.77. The van der Waals surface area contributed by atoms with Crippen LogP contribution in [0.2, 0.25) is 0 Å². The van der Waals surface area contributed by atoms with Crippen molar-refractivity contribution in [2.24, 2.45) is 5.41 Å². The molecule has 0 heterocycles. The van der Waals surface area contributed by atoms with Crippen molar-refractivity contribution < 1.29 is 19.4 Å². The maximum atomic E-state index is 11.8. The van der Waals surface area contributed by atoms with E-state index in [2.05, 4.69) is 10.1 Å². The largest absolute Gasteiger partial charge is 0.453 e. The molecular formula is C11H25NO4S. The van der Waals surface area contributed by atoms with Crippen LogP contribution in [-0.2, 0) is 9.53 Å². The molecule has 2 atom stereocenters. The molecule has 0 aromatic rings. The lowest BCUT2D eigenvalue weighted by molar-refractivity contribution is -0.130. The van der Waals surface area contributed by atoms with Gasteiger partial charge in [0.25, 0.3) is 0 Å². The number of ketones is 1. The van der Waals surface area contributed by atoms with Crippen LogP contribution < -0.4 is 5.32 Å². The molecule has 0 rings (SSSR count). The first-order chi connectivity index (χ1) is 6.70. The molecule has 104 valence electrons. The number of ether oxygens (including phenoxy) is 1. The first kappa shape index (κ1) is 21.5. The van der Waals surface area contributed by atoms with Crippen molar-refractivity contribution >= 4 is 25.4 Å². The standard InChI is InChI=1S/C10H19NO4.CH4.H2S/c1-6(12)7(11-9(14)15-5)8(13)10(2,3)4;;/h6-7,12H,1-5H3,(H,11,14);1H4;1H2/t6-,7+;;/m0../s1. The van der Waals surface area contributed by atoms with Gasteiger partial charge < -0.3 is 15.2 Å². The maximum absolute atomic E-state index is 11.8. The highest BCUT2D eigenvalue weighted by atomic mass is 32.1. The number of rotatable bonds is 3. The molecule has 2 N–H and O–H groups in total. The molecular weight excluding hydrogens is 242 g/mol. The van der Waals surface area contributed by atoms with Gasteiger partial charge in [0.05, 0.1) is 13.2 Å². The summed E-state index contributed by atoms with van der Waals surface area (Å²) >= 11 is 0. The molecule has 0 aromatic heterocycles. The predicted molar refractivity (Wildman–Crippen MR) is 72.6 cm³/mol. The Morgan fingerprint density at radius 1 is 1.29 bits per heavy atom. The fraction of sp³-hybridized carbons (Fsp3) is 0.818. The second kappa shape index (κ2) is 8.36. The summed E-state index contributed by atoms with van der Waals surface area (Å²) in [7, 11) is 1.20. The highest BCUT2D eigenvalue weighted by Gasteiger charge is 2.33. The van der Waals surface area contributed by atoms with E-state index in [1.165, 1.54) is 14.0 Å². The number of carbonyl (C=O) groups excluding carboxylic acids is 2. The summed E-state index contributed by atoms with van der Waals surface area (Å²) in [5.74, 6) is -0.233. The van der Waals surface area contributed by atoms with Gasteiger partial charge in [0.15, 0.2) is 5.78 Å². The van der Waals surface area contributed by atoms with Crippen LogP contribution in [0.4, 0.5) is 4.79 Å². The summed E-state index contributed by atoms with van der Waals surface area (Å²) in [4.78, 5) is 22.8. The van der Waals surface area contributed by atoms with Crippen LogP contribution in [0.3, 0.4) is 0 Å². The Balaban J connectivity index is -0.000000980. The number of carbonyl (C=O) groups is 2. The van der Waals surface area contributed by atoms with E-state index in [1.54, 1.807) is 20.8 Å². The van der Waals surface area contributed by atoms with E-state index in [0.29, 0.717) is 0 Å². The molecule has 0 aliphatic carbocycles. The van der Waals surface area contributed by atoms with E-state index in [-0.39, 0.29) is 26.7 Å². The fourth-order valence-electron chi connectivity index (χ4n) is 1.06. The second-order valence-electron chi connectivity index (χ2n) is 4.47. The normalized spacial score (nSPS) is 13.5. The van der Waals surface area contributed by atoms with Gasteiger partial charge in [-0.1, -0.05) is 28.2 Å². The van der Waals surface area contributed by atoms with E-state index in [1.807, 2.05) is 0 Å². The van der Waals surface area contributed by atoms with Gasteiger partial charge in [0, 0.05) is 5.41 Å². The van der Waals surface area contributed by atoms with Crippen molar-refractivity contribution in [2.75, 3.05) is 7.11 Å². The highest BCUT2D eigenvalue weighted by Crippen LogP contribution is 2.18. The van der Waals surface area contributed by atoms with Gasteiger partial charge >= 0.3 is 6.09 Å². The second-order valence-corrected chi connectivity index (χ2v) is 4.47. The first-order valence-corrected chi connectivity index (χ1v) is 4.77. The minimum absolute atomic E-state index is 0.